The molecule has 1 aliphatic carbocycles. The number of nitrogens with zero attached hydrogens (tertiary/aromatic N) is 2. The molecule has 1 atom stereocenters. The van der Waals surface area contributed by atoms with Gasteiger partial charge in [-0.25, -0.2) is 4.99 Å². The molecule has 3 N–H and O–H groups in total. The molecule has 1 saturated heterocycles. The molecule has 1 unspecified atom stereocenters. The van der Waals surface area contributed by atoms with Crippen LogP contribution in [0.2, 0.25) is 0 Å². The van der Waals surface area contributed by atoms with E-state index in [2.05, 4.69) is 63.1 Å². The van der Waals surface area contributed by atoms with Crippen molar-refractivity contribution in [1.82, 2.24) is 20.9 Å². The molecule has 0 bridgehead atoms. The molecular weight excluding hydrogens is 489 g/mol. The van der Waals surface area contributed by atoms with Gasteiger partial charge in [0.05, 0.1) is 6.04 Å². The SMILES string of the molecule is CCNC(=NCC(=O)NC1CCCCC1)NCC(c1ccccc1)N1CCCC1.I. The zero-order valence-electron chi connectivity index (χ0n) is 18.2. The first kappa shape index (κ1) is 24.9. The fourth-order valence-corrected chi connectivity index (χ4v) is 4.39. The Bertz CT molecular complexity index is 642. The number of benzene rings is 1. The number of rotatable bonds is 8. The monoisotopic (exact) mass is 527 g/mol. The van der Waals surface area contributed by atoms with Crippen LogP contribution in [0, 0.1) is 0 Å². The van der Waals surface area contributed by atoms with E-state index in [1.807, 2.05) is 0 Å². The second-order valence-corrected chi connectivity index (χ2v) is 8.15. The Kier molecular flexibility index (Phi) is 11.5. The summed E-state index contributed by atoms with van der Waals surface area (Å²) in [5.41, 5.74) is 1.33. The van der Waals surface area contributed by atoms with Crippen LogP contribution in [0.4, 0.5) is 0 Å². The number of halogens is 1. The van der Waals surface area contributed by atoms with Crippen molar-refractivity contribution in [2.24, 2.45) is 4.99 Å². The number of hydrogen-bond acceptors (Lipinski definition) is 3. The molecular formula is C23H38IN5O. The lowest BCUT2D eigenvalue weighted by Crippen LogP contribution is -2.43. The van der Waals surface area contributed by atoms with E-state index in [0.29, 0.717) is 18.0 Å². The van der Waals surface area contributed by atoms with Crippen molar-refractivity contribution in [3.8, 4) is 0 Å². The van der Waals surface area contributed by atoms with Crippen LogP contribution in [0.15, 0.2) is 35.3 Å². The van der Waals surface area contributed by atoms with Gasteiger partial charge in [-0.1, -0.05) is 49.6 Å². The minimum atomic E-state index is 0. The topological polar surface area (TPSA) is 68.8 Å². The normalized spacial score (nSPS) is 19.0. The Hall–Kier alpha value is -1.35. The van der Waals surface area contributed by atoms with E-state index in [-0.39, 0.29) is 36.4 Å². The predicted molar refractivity (Wildman–Crippen MR) is 134 cm³/mol. The van der Waals surface area contributed by atoms with Gasteiger partial charge in [-0.15, -0.1) is 24.0 Å². The van der Waals surface area contributed by atoms with Gasteiger partial charge in [0.1, 0.15) is 6.54 Å². The molecule has 1 amide bonds. The lowest BCUT2D eigenvalue weighted by molar-refractivity contribution is -0.120. The van der Waals surface area contributed by atoms with Gasteiger partial charge in [0.25, 0.3) is 0 Å². The largest absolute Gasteiger partial charge is 0.357 e. The number of likely N-dealkylation sites (tertiary alicyclic amines) is 1. The first-order valence-corrected chi connectivity index (χ1v) is 11.4. The van der Waals surface area contributed by atoms with Crippen LogP contribution in [0.5, 0.6) is 0 Å². The first-order chi connectivity index (χ1) is 14.3. The van der Waals surface area contributed by atoms with E-state index < -0.39 is 0 Å². The van der Waals surface area contributed by atoms with Crippen LogP contribution >= 0.6 is 24.0 Å². The van der Waals surface area contributed by atoms with E-state index in [0.717, 1.165) is 39.0 Å². The van der Waals surface area contributed by atoms with Crippen LogP contribution in [-0.2, 0) is 4.79 Å². The number of carbonyl (C=O) groups excluding carboxylic acids is 1. The standard InChI is InChI=1S/C23H37N5O.HI/c1-2-24-23(26-18-22(29)27-20-13-7-4-8-14-20)25-17-21(28-15-9-10-16-28)19-11-5-3-6-12-19;/h3,5-6,11-12,20-21H,2,4,7-10,13-18H2,1H3,(H,27,29)(H2,24,25,26);1H. The summed E-state index contributed by atoms with van der Waals surface area (Å²) in [4.78, 5) is 19.4. The van der Waals surface area contributed by atoms with Crippen LogP contribution in [0.3, 0.4) is 0 Å². The van der Waals surface area contributed by atoms with Crippen molar-refractivity contribution in [3.05, 3.63) is 35.9 Å². The summed E-state index contributed by atoms with van der Waals surface area (Å²) in [6.45, 7) is 6.05. The van der Waals surface area contributed by atoms with Gasteiger partial charge in [0, 0.05) is 19.1 Å². The predicted octanol–water partition coefficient (Wildman–Crippen LogP) is 3.45. The van der Waals surface area contributed by atoms with E-state index in [1.54, 1.807) is 0 Å². The Morgan fingerprint density at radius 3 is 2.43 bits per heavy atom. The molecule has 0 aromatic heterocycles. The highest BCUT2D eigenvalue weighted by molar-refractivity contribution is 14.0. The van der Waals surface area contributed by atoms with Crippen molar-refractivity contribution in [3.63, 3.8) is 0 Å². The summed E-state index contributed by atoms with van der Waals surface area (Å²) >= 11 is 0. The van der Waals surface area contributed by atoms with E-state index in [4.69, 9.17) is 0 Å². The number of aliphatic imine (C=N–C) groups is 1. The molecule has 1 aliphatic heterocycles. The van der Waals surface area contributed by atoms with Crippen molar-refractivity contribution < 1.29 is 4.79 Å². The molecule has 6 nitrogen and oxygen atoms in total. The van der Waals surface area contributed by atoms with E-state index >= 15 is 0 Å². The third kappa shape index (κ3) is 8.06. The molecule has 3 rings (SSSR count). The van der Waals surface area contributed by atoms with Crippen LogP contribution in [0.25, 0.3) is 0 Å². The van der Waals surface area contributed by atoms with Crippen LogP contribution in [0.1, 0.15) is 63.5 Å². The Balaban J connectivity index is 0.00000320. The highest BCUT2D eigenvalue weighted by Gasteiger charge is 2.23. The van der Waals surface area contributed by atoms with Gasteiger partial charge in [-0.3, -0.25) is 9.69 Å². The van der Waals surface area contributed by atoms with Gasteiger partial charge in [0.2, 0.25) is 5.91 Å². The average Bonchev–Trinajstić information content (AvgIpc) is 3.28. The molecule has 1 heterocycles. The molecule has 1 saturated carbocycles. The average molecular weight is 527 g/mol. The molecule has 2 fully saturated rings. The molecule has 7 heteroatoms. The molecule has 2 aliphatic rings. The Labute approximate surface area is 198 Å². The molecule has 1 aromatic rings. The Morgan fingerprint density at radius 1 is 1.07 bits per heavy atom. The van der Waals surface area contributed by atoms with Gasteiger partial charge >= 0.3 is 0 Å². The Morgan fingerprint density at radius 2 is 1.77 bits per heavy atom. The minimum absolute atomic E-state index is 0. The first-order valence-electron chi connectivity index (χ1n) is 11.4. The number of hydrogen-bond donors (Lipinski definition) is 3. The zero-order valence-corrected chi connectivity index (χ0v) is 20.6. The van der Waals surface area contributed by atoms with Crippen molar-refractivity contribution in [1.29, 1.82) is 0 Å². The highest BCUT2D eigenvalue weighted by atomic mass is 127. The van der Waals surface area contributed by atoms with Crippen LogP contribution < -0.4 is 16.0 Å². The van der Waals surface area contributed by atoms with Gasteiger partial charge < -0.3 is 16.0 Å². The quantitative estimate of drug-likeness (QED) is 0.275. The van der Waals surface area contributed by atoms with Crippen molar-refractivity contribution in [2.75, 3.05) is 32.7 Å². The van der Waals surface area contributed by atoms with Gasteiger partial charge in [0.15, 0.2) is 5.96 Å². The third-order valence-corrected chi connectivity index (χ3v) is 5.92. The summed E-state index contributed by atoms with van der Waals surface area (Å²) in [5, 5.41) is 9.89. The second-order valence-electron chi connectivity index (χ2n) is 8.15. The second kappa shape index (κ2) is 13.9. The lowest BCUT2D eigenvalue weighted by atomic mass is 9.95. The summed E-state index contributed by atoms with van der Waals surface area (Å²) in [7, 11) is 0. The van der Waals surface area contributed by atoms with Crippen molar-refractivity contribution >= 4 is 35.8 Å². The molecule has 0 spiro atoms. The molecule has 30 heavy (non-hydrogen) atoms. The smallest absolute Gasteiger partial charge is 0.242 e. The van der Waals surface area contributed by atoms with Gasteiger partial charge in [-0.05, 0) is 51.3 Å². The third-order valence-electron chi connectivity index (χ3n) is 5.92. The number of guanidine groups is 1. The summed E-state index contributed by atoms with van der Waals surface area (Å²) in [6, 6.07) is 11.3. The van der Waals surface area contributed by atoms with E-state index in [9.17, 15) is 4.79 Å². The highest BCUT2D eigenvalue weighted by Crippen LogP contribution is 2.24. The number of carbonyl (C=O) groups is 1. The molecule has 1 aromatic carbocycles. The zero-order chi connectivity index (χ0) is 20.3. The molecule has 168 valence electrons. The number of amides is 1. The maximum Gasteiger partial charge on any atom is 0.242 e. The maximum atomic E-state index is 12.3. The van der Waals surface area contributed by atoms with Crippen molar-refractivity contribution in [2.45, 2.75) is 64.0 Å². The summed E-state index contributed by atoms with van der Waals surface area (Å²) in [6.07, 6.45) is 8.45. The molecule has 0 radical (unpaired) electrons. The summed E-state index contributed by atoms with van der Waals surface area (Å²) in [5.74, 6) is 0.736. The van der Waals surface area contributed by atoms with E-state index in [1.165, 1.54) is 37.7 Å². The fourth-order valence-electron chi connectivity index (χ4n) is 4.39. The van der Waals surface area contributed by atoms with Crippen LogP contribution in [-0.4, -0.2) is 55.5 Å². The lowest BCUT2D eigenvalue weighted by Gasteiger charge is -2.29. The fraction of sp³-hybridized carbons (Fsp3) is 0.652. The summed E-state index contributed by atoms with van der Waals surface area (Å²) < 4.78 is 0. The van der Waals surface area contributed by atoms with Gasteiger partial charge in [-0.2, -0.15) is 0 Å². The maximum absolute atomic E-state index is 12.3. The number of nitrogens with one attached hydrogen (secondary N) is 3. The minimum Gasteiger partial charge on any atom is -0.357 e.